The van der Waals surface area contributed by atoms with Gasteiger partial charge in [0.25, 0.3) is 0 Å². The summed E-state index contributed by atoms with van der Waals surface area (Å²) < 4.78 is 0. The molecular weight excluding hydrogens is 378 g/mol. The quantitative estimate of drug-likeness (QED) is 0.404. The molecule has 0 saturated heterocycles. The fraction of sp³-hybridized carbons (Fsp3) is 0.0870. The van der Waals surface area contributed by atoms with Crippen molar-refractivity contribution in [1.82, 2.24) is 15.0 Å². The lowest BCUT2D eigenvalue weighted by Gasteiger charge is -2.14. The lowest BCUT2D eigenvalue weighted by Crippen LogP contribution is -2.08. The van der Waals surface area contributed by atoms with Crippen molar-refractivity contribution >= 4 is 55.9 Å². The minimum atomic E-state index is -0.973. The van der Waals surface area contributed by atoms with Crippen LogP contribution in [0.25, 0.3) is 32.7 Å². The Morgan fingerprint density at radius 1 is 1.03 bits per heavy atom. The molecule has 0 aliphatic rings. The van der Waals surface area contributed by atoms with Crippen molar-refractivity contribution in [3.8, 4) is 0 Å². The third kappa shape index (κ3) is 2.88. The minimum absolute atomic E-state index is 0.215. The van der Waals surface area contributed by atoms with Gasteiger partial charge in [-0.2, -0.15) is 0 Å². The van der Waals surface area contributed by atoms with Crippen molar-refractivity contribution in [2.75, 3.05) is 24.3 Å². The van der Waals surface area contributed by atoms with E-state index in [-0.39, 0.29) is 5.56 Å². The molecule has 3 aromatic heterocycles. The third-order valence-corrected chi connectivity index (χ3v) is 5.24. The molecule has 3 N–H and O–H groups in total. The number of hydrogen-bond donors (Lipinski definition) is 3. The molecule has 30 heavy (non-hydrogen) atoms. The highest BCUT2D eigenvalue weighted by atomic mass is 16.4. The maximum Gasteiger partial charge on any atom is 0.335 e. The number of nitrogens with zero attached hydrogens (tertiary/aromatic N) is 3. The van der Waals surface area contributed by atoms with Gasteiger partial charge in [-0.3, -0.25) is 4.98 Å². The molecular formula is C23H19N5O2. The Labute approximate surface area is 172 Å². The Bertz CT molecular complexity index is 1420. The Balaban J connectivity index is 1.75. The van der Waals surface area contributed by atoms with Crippen LogP contribution < -0.4 is 10.2 Å². The number of anilines is 3. The van der Waals surface area contributed by atoms with Crippen LogP contribution in [0.5, 0.6) is 0 Å². The number of pyridine rings is 2. The lowest BCUT2D eigenvalue weighted by molar-refractivity contribution is 0.0697. The molecule has 5 rings (SSSR count). The number of nitrogens with one attached hydrogen (secondary N) is 2. The van der Waals surface area contributed by atoms with Gasteiger partial charge >= 0.3 is 5.97 Å². The average Bonchev–Trinajstić information content (AvgIpc) is 3.12. The molecule has 0 radical (unpaired) electrons. The number of carboxylic acid groups (broad SMARTS) is 1. The molecule has 0 unspecified atom stereocenters. The first kappa shape index (κ1) is 17.9. The van der Waals surface area contributed by atoms with Gasteiger partial charge in [0.2, 0.25) is 0 Å². The number of aromatic carboxylic acids is 1. The van der Waals surface area contributed by atoms with Crippen LogP contribution >= 0.6 is 0 Å². The van der Waals surface area contributed by atoms with Gasteiger partial charge in [0.1, 0.15) is 11.5 Å². The zero-order valence-electron chi connectivity index (χ0n) is 16.5. The van der Waals surface area contributed by atoms with E-state index < -0.39 is 5.97 Å². The molecule has 7 heteroatoms. The van der Waals surface area contributed by atoms with Crippen molar-refractivity contribution in [3.05, 3.63) is 66.5 Å². The van der Waals surface area contributed by atoms with E-state index in [4.69, 9.17) is 4.98 Å². The van der Waals surface area contributed by atoms with Crippen molar-refractivity contribution < 1.29 is 9.90 Å². The van der Waals surface area contributed by atoms with Gasteiger partial charge in [0.15, 0.2) is 0 Å². The van der Waals surface area contributed by atoms with Crippen LogP contribution in [0.1, 0.15) is 10.4 Å². The number of carbonyl (C=O) groups is 1. The Kier molecular flexibility index (Phi) is 4.03. The molecule has 3 heterocycles. The third-order valence-electron chi connectivity index (χ3n) is 5.24. The first-order chi connectivity index (χ1) is 14.5. The number of rotatable bonds is 4. The van der Waals surface area contributed by atoms with Gasteiger partial charge in [0, 0.05) is 54.0 Å². The fourth-order valence-corrected chi connectivity index (χ4v) is 3.71. The molecule has 0 aliphatic carbocycles. The SMILES string of the molecule is CN(C)c1ccc(Nc2nc3[nH]c4ccncc4c3c3ccc(C(=O)O)cc23)cc1. The molecule has 0 atom stereocenters. The molecule has 2 aromatic carbocycles. The van der Waals surface area contributed by atoms with Crippen molar-refractivity contribution in [2.45, 2.75) is 0 Å². The van der Waals surface area contributed by atoms with E-state index in [2.05, 4.69) is 15.3 Å². The molecule has 0 spiro atoms. The second kappa shape index (κ2) is 6.73. The van der Waals surface area contributed by atoms with Gasteiger partial charge < -0.3 is 20.3 Å². The summed E-state index contributed by atoms with van der Waals surface area (Å²) >= 11 is 0. The second-order valence-corrected chi connectivity index (χ2v) is 7.36. The standard InChI is InChI=1S/C23H19N5O2/c1-28(2)15-6-4-14(5-7-15)25-21-17-11-13(23(29)30)3-8-16(17)20-18-12-24-10-9-19(18)26-22(20)27-21/h3-12H,1-2H3,(H,29,30)(H2,25,26,27). The number of benzene rings is 2. The zero-order chi connectivity index (χ0) is 20.8. The van der Waals surface area contributed by atoms with Crippen molar-refractivity contribution in [1.29, 1.82) is 0 Å². The van der Waals surface area contributed by atoms with Gasteiger partial charge in [-0.1, -0.05) is 6.07 Å². The largest absolute Gasteiger partial charge is 0.478 e. The minimum Gasteiger partial charge on any atom is -0.478 e. The maximum atomic E-state index is 11.6. The first-order valence-electron chi connectivity index (χ1n) is 9.48. The van der Waals surface area contributed by atoms with Crippen LogP contribution in [0.3, 0.4) is 0 Å². The van der Waals surface area contributed by atoms with E-state index in [1.807, 2.05) is 55.4 Å². The Morgan fingerprint density at radius 2 is 1.83 bits per heavy atom. The van der Waals surface area contributed by atoms with E-state index in [0.29, 0.717) is 5.82 Å². The lowest BCUT2D eigenvalue weighted by atomic mass is 10.0. The predicted octanol–water partition coefficient (Wildman–Crippen LogP) is 4.77. The molecule has 5 aromatic rings. The molecule has 0 aliphatic heterocycles. The highest BCUT2D eigenvalue weighted by Gasteiger charge is 2.16. The molecule has 148 valence electrons. The second-order valence-electron chi connectivity index (χ2n) is 7.36. The fourth-order valence-electron chi connectivity index (χ4n) is 3.71. The van der Waals surface area contributed by atoms with Crippen molar-refractivity contribution in [2.24, 2.45) is 0 Å². The Hall–Kier alpha value is -4.13. The van der Waals surface area contributed by atoms with Gasteiger partial charge in [-0.15, -0.1) is 0 Å². The molecule has 0 saturated carbocycles. The van der Waals surface area contributed by atoms with Gasteiger partial charge in [-0.25, -0.2) is 9.78 Å². The molecule has 0 bridgehead atoms. The smallest absolute Gasteiger partial charge is 0.335 e. The number of carboxylic acids is 1. The number of aromatic amines is 1. The van der Waals surface area contributed by atoms with Crippen LogP contribution in [0.2, 0.25) is 0 Å². The zero-order valence-corrected chi connectivity index (χ0v) is 16.5. The number of fused-ring (bicyclic) bond motifs is 5. The van der Waals surface area contributed by atoms with Crippen molar-refractivity contribution in [3.63, 3.8) is 0 Å². The average molecular weight is 397 g/mol. The summed E-state index contributed by atoms with van der Waals surface area (Å²) in [6.07, 6.45) is 3.53. The normalized spacial score (nSPS) is 11.3. The molecule has 7 nitrogen and oxygen atoms in total. The number of hydrogen-bond acceptors (Lipinski definition) is 5. The number of aromatic nitrogens is 3. The summed E-state index contributed by atoms with van der Waals surface area (Å²) in [7, 11) is 3.98. The first-order valence-corrected chi connectivity index (χ1v) is 9.48. The monoisotopic (exact) mass is 397 g/mol. The van der Waals surface area contributed by atoms with Crippen LogP contribution in [0.15, 0.2) is 60.9 Å². The topological polar surface area (TPSA) is 94.1 Å². The van der Waals surface area contributed by atoms with Crippen LogP contribution in [0, 0.1) is 0 Å². The van der Waals surface area contributed by atoms with E-state index in [1.54, 1.807) is 24.5 Å². The summed E-state index contributed by atoms with van der Waals surface area (Å²) in [5, 5.41) is 16.4. The van der Waals surface area contributed by atoms with E-state index in [0.717, 1.165) is 44.1 Å². The Morgan fingerprint density at radius 3 is 2.57 bits per heavy atom. The van der Waals surface area contributed by atoms with Crippen LogP contribution in [0.4, 0.5) is 17.2 Å². The van der Waals surface area contributed by atoms with E-state index >= 15 is 0 Å². The highest BCUT2D eigenvalue weighted by Crippen LogP contribution is 2.35. The maximum absolute atomic E-state index is 11.6. The van der Waals surface area contributed by atoms with Gasteiger partial charge in [-0.05, 0) is 47.9 Å². The predicted molar refractivity (Wildman–Crippen MR) is 120 cm³/mol. The summed E-state index contributed by atoms with van der Waals surface area (Å²) in [6, 6.07) is 15.0. The van der Waals surface area contributed by atoms with Crippen LogP contribution in [-0.2, 0) is 0 Å². The van der Waals surface area contributed by atoms with Gasteiger partial charge in [0.05, 0.1) is 11.1 Å². The summed E-state index contributed by atoms with van der Waals surface area (Å²) in [5.74, 6) is -0.378. The highest BCUT2D eigenvalue weighted by molar-refractivity contribution is 6.21. The van der Waals surface area contributed by atoms with E-state index in [9.17, 15) is 9.90 Å². The number of H-pyrrole nitrogens is 1. The summed E-state index contributed by atoms with van der Waals surface area (Å²) in [6.45, 7) is 0. The molecule has 0 amide bonds. The van der Waals surface area contributed by atoms with Crippen LogP contribution in [-0.4, -0.2) is 40.1 Å². The summed E-state index contributed by atoms with van der Waals surface area (Å²) in [4.78, 5) is 26.0. The summed E-state index contributed by atoms with van der Waals surface area (Å²) in [5.41, 5.74) is 3.83. The molecule has 0 fully saturated rings. The van der Waals surface area contributed by atoms with E-state index in [1.165, 1.54) is 0 Å².